The molecule has 2 aromatic carbocycles. The van der Waals surface area contributed by atoms with Crippen LogP contribution in [0.15, 0.2) is 82.7 Å². The van der Waals surface area contributed by atoms with E-state index in [1.54, 1.807) is 47.5 Å². The molecular formula is C36H40F3N5O6S. The van der Waals surface area contributed by atoms with Crippen LogP contribution in [-0.2, 0) is 22.6 Å². The van der Waals surface area contributed by atoms with Crippen LogP contribution in [0.3, 0.4) is 0 Å². The van der Waals surface area contributed by atoms with Crippen molar-refractivity contribution in [2.75, 3.05) is 39.3 Å². The molecule has 0 aliphatic carbocycles. The molecule has 1 fully saturated rings. The van der Waals surface area contributed by atoms with Gasteiger partial charge in [-0.2, -0.15) is 13.2 Å². The largest absolute Gasteiger partial charge is 0.490 e. The van der Waals surface area contributed by atoms with Crippen molar-refractivity contribution in [3.8, 4) is 16.5 Å². The summed E-state index contributed by atoms with van der Waals surface area (Å²) in [5.74, 6) is -0.124. The minimum Gasteiger partial charge on any atom is -0.490 e. The Morgan fingerprint density at radius 1 is 1.06 bits per heavy atom. The molecule has 2 aliphatic heterocycles. The van der Waals surface area contributed by atoms with Crippen LogP contribution < -0.4 is 15.4 Å². The van der Waals surface area contributed by atoms with Crippen molar-refractivity contribution in [3.63, 3.8) is 0 Å². The minimum atomic E-state index is -4.59. The number of furan rings is 1. The Morgan fingerprint density at radius 3 is 2.61 bits per heavy atom. The number of para-hydroxylation sites is 1. The third-order valence-corrected chi connectivity index (χ3v) is 9.86. The number of fused-ring (bicyclic) bond motifs is 1. The molecule has 2 amide bonds. The lowest BCUT2D eigenvalue weighted by Gasteiger charge is -2.41. The van der Waals surface area contributed by atoms with Gasteiger partial charge in [-0.15, -0.1) is 11.3 Å². The third-order valence-electron chi connectivity index (χ3n) is 9.07. The molecule has 0 bridgehead atoms. The molecular weight excluding hydrogens is 687 g/mol. The van der Waals surface area contributed by atoms with Crippen LogP contribution in [0.4, 0.5) is 13.2 Å². The highest BCUT2D eigenvalue weighted by Gasteiger charge is 2.38. The predicted octanol–water partition coefficient (Wildman–Crippen LogP) is 3.79. The molecule has 4 N–H and O–H groups in total. The maximum absolute atomic E-state index is 13.9. The molecule has 4 heterocycles. The Morgan fingerprint density at radius 2 is 1.84 bits per heavy atom. The molecule has 11 nitrogen and oxygen atoms in total. The molecule has 5 atom stereocenters. The van der Waals surface area contributed by atoms with Gasteiger partial charge in [-0.3, -0.25) is 19.4 Å². The first-order chi connectivity index (χ1) is 24.5. The summed E-state index contributed by atoms with van der Waals surface area (Å²) in [5, 5.41) is 29.7. The third kappa shape index (κ3) is 9.74. The molecule has 4 aromatic rings. The average Bonchev–Trinajstić information content (AvgIpc) is 3.82. The zero-order valence-electron chi connectivity index (χ0n) is 27.7. The average molecular weight is 728 g/mol. The van der Waals surface area contributed by atoms with E-state index in [0.29, 0.717) is 42.3 Å². The second-order valence-corrected chi connectivity index (χ2v) is 13.8. The maximum atomic E-state index is 13.9. The molecule has 0 saturated carbocycles. The fourth-order valence-electron chi connectivity index (χ4n) is 6.58. The van der Waals surface area contributed by atoms with Crippen molar-refractivity contribution < 1.29 is 42.1 Å². The fraction of sp³-hybridized carbons (Fsp3) is 0.417. The quantitative estimate of drug-likeness (QED) is 0.162. The van der Waals surface area contributed by atoms with E-state index in [4.69, 9.17) is 9.15 Å². The number of carbonyl (C=O) groups excluding carboxylic acids is 2. The van der Waals surface area contributed by atoms with Crippen LogP contribution in [0.25, 0.3) is 10.8 Å². The van der Waals surface area contributed by atoms with Gasteiger partial charge in [0, 0.05) is 49.2 Å². The zero-order chi connectivity index (χ0) is 36.0. The van der Waals surface area contributed by atoms with E-state index in [1.807, 2.05) is 45.9 Å². The number of benzene rings is 2. The molecule has 15 heteroatoms. The van der Waals surface area contributed by atoms with Crippen molar-refractivity contribution in [2.24, 2.45) is 5.92 Å². The summed E-state index contributed by atoms with van der Waals surface area (Å²) in [6.45, 7) is -0.364. The summed E-state index contributed by atoms with van der Waals surface area (Å²) in [6, 6.07) is 18.3. The van der Waals surface area contributed by atoms with Gasteiger partial charge < -0.3 is 30.0 Å². The SMILES string of the molecule is O=C(N[C@H]1c2ccccc2OC[C@H]1O)[C@H](Cc1ccccc1)C[C@H](O)CN1CCN(Cc2ccc(-c3nccs3)o2)C[C@H]1C(=O)NCC(F)(F)F. The molecule has 2 aliphatic rings. The smallest absolute Gasteiger partial charge is 0.405 e. The number of rotatable bonds is 13. The number of carbonyl (C=O) groups is 2. The molecule has 272 valence electrons. The number of thiazole rings is 1. The number of hydrogen-bond acceptors (Lipinski definition) is 10. The van der Waals surface area contributed by atoms with Gasteiger partial charge in [-0.05, 0) is 36.6 Å². The number of halogens is 3. The standard InChI is InChI=1S/C36H40F3N5O6S/c37-36(38,39)22-41-34(48)28-20-43(19-26-10-11-31(50-26)35-40-12-15-51-35)13-14-44(28)18-25(45)17-24(16-23-6-2-1-3-7-23)33(47)42-32-27-8-4-5-9-30(27)49-21-29(32)46/h1-12,15,24-25,28-29,32,45-46H,13-14,16-22H2,(H,41,48)(H,42,47)/t24-,25+,28+,29-,32+/m1/s1. The van der Waals surface area contributed by atoms with Gasteiger partial charge in [0.05, 0.1) is 18.7 Å². The highest BCUT2D eigenvalue weighted by Crippen LogP contribution is 2.33. The Hall–Kier alpha value is -4.28. The molecule has 6 rings (SSSR count). The first-order valence-corrected chi connectivity index (χ1v) is 17.6. The minimum absolute atomic E-state index is 0.00460. The van der Waals surface area contributed by atoms with E-state index in [9.17, 15) is 33.0 Å². The number of β-amino-alcohol motifs (C(OH)–C–C–N with tert-alkyl or cyclic N) is 1. The summed E-state index contributed by atoms with van der Waals surface area (Å²) >= 11 is 1.43. The first kappa shape index (κ1) is 36.5. The lowest BCUT2D eigenvalue weighted by molar-refractivity contribution is -0.143. The van der Waals surface area contributed by atoms with Crippen molar-refractivity contribution in [1.82, 2.24) is 25.4 Å². The summed E-state index contributed by atoms with van der Waals surface area (Å²) in [4.78, 5) is 34.9. The molecule has 1 saturated heterocycles. The number of piperazine rings is 1. The number of aromatic nitrogens is 1. The number of hydrogen-bond donors (Lipinski definition) is 4. The number of nitrogens with zero attached hydrogens (tertiary/aromatic N) is 3. The normalized spacial score (nSPS) is 20.9. The van der Waals surface area contributed by atoms with E-state index >= 15 is 0 Å². The van der Waals surface area contributed by atoms with E-state index < -0.39 is 48.8 Å². The zero-order valence-corrected chi connectivity index (χ0v) is 28.5. The van der Waals surface area contributed by atoms with Crippen molar-refractivity contribution in [1.29, 1.82) is 0 Å². The van der Waals surface area contributed by atoms with E-state index in [0.717, 1.165) is 10.6 Å². The van der Waals surface area contributed by atoms with Gasteiger partial charge in [-0.1, -0.05) is 48.5 Å². The first-order valence-electron chi connectivity index (χ1n) is 16.7. The van der Waals surface area contributed by atoms with Gasteiger partial charge in [0.2, 0.25) is 11.8 Å². The summed E-state index contributed by atoms with van der Waals surface area (Å²) < 4.78 is 50.8. The van der Waals surface area contributed by atoms with Gasteiger partial charge in [0.1, 0.15) is 36.8 Å². The highest BCUT2D eigenvalue weighted by molar-refractivity contribution is 7.13. The number of alkyl halides is 3. The number of ether oxygens (including phenoxy) is 1. The van der Waals surface area contributed by atoms with E-state index in [-0.39, 0.29) is 38.6 Å². The molecule has 0 unspecified atom stereocenters. The monoisotopic (exact) mass is 727 g/mol. The number of aliphatic hydroxyl groups excluding tert-OH is 2. The van der Waals surface area contributed by atoms with Crippen LogP contribution in [0.5, 0.6) is 5.75 Å². The molecule has 51 heavy (non-hydrogen) atoms. The fourth-order valence-corrected chi connectivity index (χ4v) is 7.18. The summed E-state index contributed by atoms with van der Waals surface area (Å²) in [6.07, 6.45) is -4.72. The van der Waals surface area contributed by atoms with Gasteiger partial charge in [-0.25, -0.2) is 4.98 Å². The molecule has 0 spiro atoms. The Balaban J connectivity index is 1.15. The van der Waals surface area contributed by atoms with Crippen molar-refractivity contribution in [2.45, 2.75) is 49.9 Å². The maximum Gasteiger partial charge on any atom is 0.405 e. The summed E-state index contributed by atoms with van der Waals surface area (Å²) in [5.41, 5.74) is 1.51. The van der Waals surface area contributed by atoms with E-state index in [1.165, 1.54) is 11.3 Å². The second-order valence-electron chi connectivity index (χ2n) is 12.9. The van der Waals surface area contributed by atoms with Crippen LogP contribution in [0.2, 0.25) is 0 Å². The Bertz CT molecular complexity index is 1740. The molecule has 0 radical (unpaired) electrons. The lowest BCUT2D eigenvalue weighted by atomic mass is 9.90. The van der Waals surface area contributed by atoms with Crippen LogP contribution in [0, 0.1) is 5.92 Å². The van der Waals surface area contributed by atoms with E-state index in [2.05, 4.69) is 10.3 Å². The number of aliphatic hydroxyl groups is 2. The highest BCUT2D eigenvalue weighted by atomic mass is 32.1. The summed E-state index contributed by atoms with van der Waals surface area (Å²) in [7, 11) is 0. The van der Waals surface area contributed by atoms with Crippen LogP contribution in [0.1, 0.15) is 29.3 Å². The van der Waals surface area contributed by atoms with Crippen molar-refractivity contribution in [3.05, 3.63) is 95.2 Å². The predicted molar refractivity (Wildman–Crippen MR) is 183 cm³/mol. The number of nitrogens with one attached hydrogen (secondary N) is 2. The van der Waals surface area contributed by atoms with Crippen LogP contribution in [-0.4, -0.2) is 101 Å². The lowest BCUT2D eigenvalue weighted by Crippen LogP contribution is -2.60. The van der Waals surface area contributed by atoms with Gasteiger partial charge >= 0.3 is 6.18 Å². The van der Waals surface area contributed by atoms with Crippen molar-refractivity contribution >= 4 is 23.2 Å². The Kier molecular flexibility index (Phi) is 11.7. The second kappa shape index (κ2) is 16.4. The van der Waals surface area contributed by atoms with Gasteiger partial charge in [0.15, 0.2) is 10.8 Å². The Labute approximate surface area is 297 Å². The topological polar surface area (TPSA) is 140 Å². The van der Waals surface area contributed by atoms with Gasteiger partial charge in [0.25, 0.3) is 0 Å². The number of amides is 2. The van der Waals surface area contributed by atoms with Crippen LogP contribution >= 0.6 is 11.3 Å². The molecule has 2 aromatic heterocycles.